The molecule has 0 aliphatic carbocycles. The summed E-state index contributed by atoms with van der Waals surface area (Å²) < 4.78 is 0.803. The SMILES string of the molecule is CC(=O)c1c(S)cccc1Br. The van der Waals surface area contributed by atoms with E-state index in [9.17, 15) is 4.79 Å². The zero-order chi connectivity index (χ0) is 8.43. The van der Waals surface area contributed by atoms with Crippen LogP contribution in [0.3, 0.4) is 0 Å². The topological polar surface area (TPSA) is 17.1 Å². The second-order valence-corrected chi connectivity index (χ2v) is 3.53. The summed E-state index contributed by atoms with van der Waals surface area (Å²) in [7, 11) is 0. The summed E-state index contributed by atoms with van der Waals surface area (Å²) in [5, 5.41) is 0. The van der Waals surface area contributed by atoms with Gasteiger partial charge in [-0.15, -0.1) is 12.6 Å². The molecule has 58 valence electrons. The van der Waals surface area contributed by atoms with Crippen molar-refractivity contribution in [3.8, 4) is 0 Å². The van der Waals surface area contributed by atoms with E-state index in [-0.39, 0.29) is 5.78 Å². The fraction of sp³-hybridized carbons (Fsp3) is 0.125. The first-order valence-electron chi connectivity index (χ1n) is 3.11. The van der Waals surface area contributed by atoms with Crippen molar-refractivity contribution in [3.05, 3.63) is 28.2 Å². The van der Waals surface area contributed by atoms with E-state index < -0.39 is 0 Å². The number of Topliss-reactive ketones (excluding diaryl/α,β-unsaturated/α-hetero) is 1. The molecule has 0 spiro atoms. The summed E-state index contributed by atoms with van der Waals surface area (Å²) >= 11 is 7.43. The Balaban J connectivity index is 3.32. The van der Waals surface area contributed by atoms with Gasteiger partial charge < -0.3 is 0 Å². The van der Waals surface area contributed by atoms with Crippen LogP contribution in [0.5, 0.6) is 0 Å². The van der Waals surface area contributed by atoms with E-state index in [0.29, 0.717) is 10.5 Å². The summed E-state index contributed by atoms with van der Waals surface area (Å²) in [6, 6.07) is 5.47. The molecule has 0 atom stereocenters. The average molecular weight is 231 g/mol. The van der Waals surface area contributed by atoms with Crippen LogP contribution in [0.15, 0.2) is 27.6 Å². The molecular formula is C8H7BrOS. The third-order valence-corrected chi connectivity index (χ3v) is 2.38. The van der Waals surface area contributed by atoms with Crippen molar-refractivity contribution in [3.63, 3.8) is 0 Å². The van der Waals surface area contributed by atoms with Crippen molar-refractivity contribution in [1.29, 1.82) is 0 Å². The van der Waals surface area contributed by atoms with E-state index in [1.165, 1.54) is 6.92 Å². The summed E-state index contributed by atoms with van der Waals surface area (Å²) in [5.74, 6) is 0.0301. The van der Waals surface area contributed by atoms with Gasteiger partial charge in [0, 0.05) is 14.9 Å². The summed E-state index contributed by atoms with van der Waals surface area (Å²) in [5.41, 5.74) is 0.649. The van der Waals surface area contributed by atoms with Gasteiger partial charge in [0.15, 0.2) is 5.78 Å². The summed E-state index contributed by atoms with van der Waals surface area (Å²) in [6.45, 7) is 1.53. The molecule has 0 unspecified atom stereocenters. The third kappa shape index (κ3) is 1.84. The Morgan fingerprint density at radius 3 is 2.55 bits per heavy atom. The van der Waals surface area contributed by atoms with Crippen molar-refractivity contribution in [2.24, 2.45) is 0 Å². The molecule has 0 saturated carbocycles. The second kappa shape index (κ2) is 3.41. The van der Waals surface area contributed by atoms with Crippen molar-refractivity contribution < 1.29 is 4.79 Å². The van der Waals surface area contributed by atoms with E-state index in [0.717, 1.165) is 4.47 Å². The number of rotatable bonds is 1. The van der Waals surface area contributed by atoms with Crippen molar-refractivity contribution in [2.45, 2.75) is 11.8 Å². The monoisotopic (exact) mass is 230 g/mol. The number of benzene rings is 1. The molecule has 0 N–H and O–H groups in total. The number of hydrogen-bond acceptors (Lipinski definition) is 2. The fourth-order valence-corrected chi connectivity index (χ4v) is 2.02. The standard InChI is InChI=1S/C8H7BrOS/c1-5(10)8-6(9)3-2-4-7(8)11/h2-4,11H,1H3. The van der Waals surface area contributed by atoms with E-state index in [4.69, 9.17) is 0 Å². The van der Waals surface area contributed by atoms with E-state index >= 15 is 0 Å². The molecule has 0 fully saturated rings. The van der Waals surface area contributed by atoms with Crippen LogP contribution in [-0.4, -0.2) is 5.78 Å². The Hall–Kier alpha value is -0.280. The lowest BCUT2D eigenvalue weighted by molar-refractivity contribution is 0.101. The van der Waals surface area contributed by atoms with Gasteiger partial charge in [0.2, 0.25) is 0 Å². The third-order valence-electron chi connectivity index (χ3n) is 1.34. The average Bonchev–Trinajstić information content (AvgIpc) is 1.85. The summed E-state index contributed by atoms with van der Waals surface area (Å²) in [4.78, 5) is 11.7. The number of thiol groups is 1. The lowest BCUT2D eigenvalue weighted by Gasteiger charge is -2.01. The van der Waals surface area contributed by atoms with Gasteiger partial charge in [-0.2, -0.15) is 0 Å². The van der Waals surface area contributed by atoms with Crippen LogP contribution in [0.1, 0.15) is 17.3 Å². The zero-order valence-electron chi connectivity index (χ0n) is 5.97. The van der Waals surface area contributed by atoms with Gasteiger partial charge in [-0.05, 0) is 19.1 Å². The molecule has 1 aromatic rings. The maximum Gasteiger partial charge on any atom is 0.162 e. The molecule has 0 aliphatic heterocycles. The molecule has 0 saturated heterocycles. The van der Waals surface area contributed by atoms with Crippen molar-refractivity contribution in [1.82, 2.24) is 0 Å². The molecule has 1 rings (SSSR count). The highest BCUT2D eigenvalue weighted by molar-refractivity contribution is 9.10. The lowest BCUT2D eigenvalue weighted by atomic mass is 10.1. The minimum Gasteiger partial charge on any atom is -0.294 e. The first-order chi connectivity index (χ1) is 5.13. The molecule has 11 heavy (non-hydrogen) atoms. The number of carbonyl (C=O) groups excluding carboxylic acids is 1. The predicted octanol–water partition coefficient (Wildman–Crippen LogP) is 2.94. The van der Waals surface area contributed by atoms with Crippen LogP contribution in [0.25, 0.3) is 0 Å². The van der Waals surface area contributed by atoms with Crippen LogP contribution in [-0.2, 0) is 0 Å². The number of ketones is 1. The Labute approximate surface area is 79.3 Å². The molecule has 1 nitrogen and oxygen atoms in total. The quantitative estimate of drug-likeness (QED) is 0.580. The molecule has 0 heterocycles. The normalized spacial score (nSPS) is 9.73. The Bertz CT molecular complexity index is 276. The molecule has 1 aromatic carbocycles. The summed E-state index contributed by atoms with van der Waals surface area (Å²) in [6.07, 6.45) is 0. The van der Waals surface area contributed by atoms with E-state index in [1.807, 2.05) is 12.1 Å². The van der Waals surface area contributed by atoms with Gasteiger partial charge >= 0.3 is 0 Å². The largest absolute Gasteiger partial charge is 0.294 e. The number of carbonyl (C=O) groups is 1. The van der Waals surface area contributed by atoms with Crippen molar-refractivity contribution >= 4 is 34.3 Å². The van der Waals surface area contributed by atoms with Gasteiger partial charge in [-0.25, -0.2) is 0 Å². The molecule has 0 amide bonds. The van der Waals surface area contributed by atoms with E-state index in [2.05, 4.69) is 28.6 Å². The van der Waals surface area contributed by atoms with Gasteiger partial charge in [-0.3, -0.25) is 4.79 Å². The molecule has 0 aliphatic rings. The zero-order valence-corrected chi connectivity index (χ0v) is 8.45. The van der Waals surface area contributed by atoms with Crippen LogP contribution in [0.4, 0.5) is 0 Å². The first-order valence-corrected chi connectivity index (χ1v) is 4.35. The van der Waals surface area contributed by atoms with Crippen LogP contribution in [0.2, 0.25) is 0 Å². The maximum atomic E-state index is 11.0. The maximum absolute atomic E-state index is 11.0. The Kier molecular flexibility index (Phi) is 2.73. The Morgan fingerprint density at radius 1 is 1.55 bits per heavy atom. The minimum atomic E-state index is 0.0301. The predicted molar refractivity (Wildman–Crippen MR) is 51.4 cm³/mol. The smallest absolute Gasteiger partial charge is 0.162 e. The van der Waals surface area contributed by atoms with Crippen molar-refractivity contribution in [2.75, 3.05) is 0 Å². The fourth-order valence-electron chi connectivity index (χ4n) is 0.861. The Morgan fingerprint density at radius 2 is 2.18 bits per heavy atom. The lowest BCUT2D eigenvalue weighted by Crippen LogP contribution is -1.94. The van der Waals surface area contributed by atoms with Crippen LogP contribution in [0, 0.1) is 0 Å². The highest BCUT2D eigenvalue weighted by Crippen LogP contribution is 2.23. The number of halogens is 1. The van der Waals surface area contributed by atoms with Crippen LogP contribution < -0.4 is 0 Å². The highest BCUT2D eigenvalue weighted by Gasteiger charge is 2.07. The molecule has 0 radical (unpaired) electrons. The second-order valence-electron chi connectivity index (χ2n) is 2.19. The van der Waals surface area contributed by atoms with Gasteiger partial charge in [0.1, 0.15) is 0 Å². The highest BCUT2D eigenvalue weighted by atomic mass is 79.9. The van der Waals surface area contributed by atoms with Gasteiger partial charge in [-0.1, -0.05) is 22.0 Å². The molecule has 3 heteroatoms. The van der Waals surface area contributed by atoms with Gasteiger partial charge in [0.05, 0.1) is 0 Å². The molecule has 0 aromatic heterocycles. The first kappa shape index (κ1) is 8.81. The van der Waals surface area contributed by atoms with Gasteiger partial charge in [0.25, 0.3) is 0 Å². The van der Waals surface area contributed by atoms with E-state index in [1.54, 1.807) is 6.07 Å². The molecule has 0 bridgehead atoms. The molecular weight excluding hydrogens is 224 g/mol. The van der Waals surface area contributed by atoms with Crippen LogP contribution >= 0.6 is 28.6 Å². The minimum absolute atomic E-state index is 0.0301. The number of hydrogen-bond donors (Lipinski definition) is 1.